The van der Waals surface area contributed by atoms with Crippen LogP contribution in [0.1, 0.15) is 18.9 Å². The zero-order chi connectivity index (χ0) is 15.9. The number of nitrogens with one attached hydrogen (secondary N) is 1. The number of ether oxygens (including phenoxy) is 1. The van der Waals surface area contributed by atoms with E-state index in [1.165, 1.54) is 0 Å². The molecule has 0 bridgehead atoms. The van der Waals surface area contributed by atoms with Gasteiger partial charge in [-0.25, -0.2) is 0 Å². The lowest BCUT2D eigenvalue weighted by molar-refractivity contribution is -0.128. The quantitative estimate of drug-likeness (QED) is 0.836. The molecule has 1 fully saturated rings. The lowest BCUT2D eigenvalue weighted by Crippen LogP contribution is -2.31. The number of rotatable bonds is 6. The lowest BCUT2D eigenvalue weighted by atomic mass is 10.0. The van der Waals surface area contributed by atoms with E-state index in [0.29, 0.717) is 26.1 Å². The summed E-state index contributed by atoms with van der Waals surface area (Å²) < 4.78 is 5.40. The first kappa shape index (κ1) is 16.4. The van der Waals surface area contributed by atoms with E-state index >= 15 is 0 Å². The minimum absolute atomic E-state index is 0.00603. The van der Waals surface area contributed by atoms with E-state index in [1.807, 2.05) is 12.1 Å². The fourth-order valence-corrected chi connectivity index (χ4v) is 2.77. The molecule has 6 nitrogen and oxygen atoms in total. The number of carbonyl (C=O) groups excluding carboxylic acids is 2. The molecule has 1 saturated heterocycles. The Kier molecular flexibility index (Phi) is 5.89. The minimum Gasteiger partial charge on any atom is -0.379 e. The van der Waals surface area contributed by atoms with E-state index in [-0.39, 0.29) is 23.8 Å². The monoisotopic (exact) mass is 305 g/mol. The second kappa shape index (κ2) is 7.89. The fourth-order valence-electron chi connectivity index (χ4n) is 2.77. The number of aromatic nitrogens is 1. The molecule has 0 aromatic carbocycles. The first-order valence-corrected chi connectivity index (χ1v) is 7.54. The highest BCUT2D eigenvalue weighted by molar-refractivity contribution is 5.77. The standard InChI is InChI=1S/C16H23N3O3/c1-12(20)19-10-14(15(11-19)22-2)9-16(21)18-8-5-13-3-6-17-7-4-13/h3-4,6-7,14-15H,5,8-11H2,1-2H3,(H,18,21)/t14-,15-/m0/s1. The topological polar surface area (TPSA) is 71.5 Å². The van der Waals surface area contributed by atoms with Gasteiger partial charge in [-0.15, -0.1) is 0 Å². The van der Waals surface area contributed by atoms with Gasteiger partial charge in [-0.3, -0.25) is 14.6 Å². The van der Waals surface area contributed by atoms with Crippen LogP contribution in [-0.4, -0.2) is 54.5 Å². The Morgan fingerprint density at radius 1 is 1.36 bits per heavy atom. The van der Waals surface area contributed by atoms with Crippen molar-refractivity contribution in [3.05, 3.63) is 30.1 Å². The molecular formula is C16H23N3O3. The number of hydrogen-bond acceptors (Lipinski definition) is 4. The zero-order valence-electron chi connectivity index (χ0n) is 13.1. The number of nitrogens with zero attached hydrogens (tertiary/aromatic N) is 2. The number of likely N-dealkylation sites (tertiary alicyclic amines) is 1. The molecule has 120 valence electrons. The second-order valence-corrected chi connectivity index (χ2v) is 5.62. The van der Waals surface area contributed by atoms with E-state index in [1.54, 1.807) is 31.3 Å². The number of hydrogen-bond donors (Lipinski definition) is 1. The van der Waals surface area contributed by atoms with Crippen molar-refractivity contribution in [3.8, 4) is 0 Å². The predicted octanol–water partition coefficient (Wildman–Crippen LogP) is 0.624. The SMILES string of the molecule is CO[C@H]1CN(C(C)=O)C[C@@H]1CC(=O)NCCc1ccncc1. The first-order chi connectivity index (χ1) is 10.6. The summed E-state index contributed by atoms with van der Waals surface area (Å²) in [6.45, 7) is 3.31. The summed E-state index contributed by atoms with van der Waals surface area (Å²) in [5, 5.41) is 2.93. The van der Waals surface area contributed by atoms with Gasteiger partial charge in [0.2, 0.25) is 11.8 Å². The molecule has 2 rings (SSSR count). The van der Waals surface area contributed by atoms with Crippen LogP contribution in [0.2, 0.25) is 0 Å². The summed E-state index contributed by atoms with van der Waals surface area (Å²) in [5.41, 5.74) is 1.15. The lowest BCUT2D eigenvalue weighted by Gasteiger charge is -2.15. The van der Waals surface area contributed by atoms with Gasteiger partial charge in [0, 0.05) is 58.4 Å². The maximum atomic E-state index is 12.0. The van der Waals surface area contributed by atoms with E-state index < -0.39 is 0 Å². The molecule has 0 saturated carbocycles. The van der Waals surface area contributed by atoms with E-state index in [0.717, 1.165) is 12.0 Å². The molecule has 0 aliphatic carbocycles. The van der Waals surface area contributed by atoms with Crippen molar-refractivity contribution < 1.29 is 14.3 Å². The predicted molar refractivity (Wildman–Crippen MR) is 82.1 cm³/mol. The van der Waals surface area contributed by atoms with Crippen molar-refractivity contribution in [2.75, 3.05) is 26.7 Å². The van der Waals surface area contributed by atoms with Crippen LogP contribution in [0.3, 0.4) is 0 Å². The van der Waals surface area contributed by atoms with Gasteiger partial charge < -0.3 is 15.0 Å². The molecular weight excluding hydrogens is 282 g/mol. The largest absolute Gasteiger partial charge is 0.379 e. The molecule has 1 aliphatic heterocycles. The Balaban J connectivity index is 1.75. The summed E-state index contributed by atoms with van der Waals surface area (Å²) in [7, 11) is 1.63. The van der Waals surface area contributed by atoms with Gasteiger partial charge in [-0.05, 0) is 24.1 Å². The van der Waals surface area contributed by atoms with Crippen LogP contribution >= 0.6 is 0 Å². The highest BCUT2D eigenvalue weighted by atomic mass is 16.5. The summed E-state index contributed by atoms with van der Waals surface area (Å²) in [5.74, 6) is 0.101. The maximum absolute atomic E-state index is 12.0. The van der Waals surface area contributed by atoms with Crippen molar-refractivity contribution >= 4 is 11.8 Å². The molecule has 22 heavy (non-hydrogen) atoms. The Morgan fingerprint density at radius 3 is 2.73 bits per heavy atom. The fraction of sp³-hybridized carbons (Fsp3) is 0.562. The van der Waals surface area contributed by atoms with Gasteiger partial charge in [0.15, 0.2) is 0 Å². The molecule has 2 heterocycles. The molecule has 0 spiro atoms. The van der Waals surface area contributed by atoms with Crippen LogP contribution in [0.25, 0.3) is 0 Å². The van der Waals surface area contributed by atoms with Crippen molar-refractivity contribution in [3.63, 3.8) is 0 Å². The maximum Gasteiger partial charge on any atom is 0.220 e. The summed E-state index contributed by atoms with van der Waals surface area (Å²) in [6.07, 6.45) is 4.60. The Hall–Kier alpha value is -1.95. The molecule has 0 unspecified atom stereocenters. The second-order valence-electron chi connectivity index (χ2n) is 5.62. The highest BCUT2D eigenvalue weighted by Gasteiger charge is 2.35. The van der Waals surface area contributed by atoms with Crippen molar-refractivity contribution in [2.24, 2.45) is 5.92 Å². The van der Waals surface area contributed by atoms with Gasteiger partial charge in [0.05, 0.1) is 6.10 Å². The third-order valence-corrected chi connectivity index (χ3v) is 4.06. The Bertz CT molecular complexity index is 507. The number of methoxy groups -OCH3 is 1. The van der Waals surface area contributed by atoms with Crippen LogP contribution in [0, 0.1) is 5.92 Å². The van der Waals surface area contributed by atoms with Gasteiger partial charge in [0.1, 0.15) is 0 Å². The average molecular weight is 305 g/mol. The van der Waals surface area contributed by atoms with Crippen molar-refractivity contribution in [1.29, 1.82) is 0 Å². The molecule has 1 aromatic heterocycles. The number of carbonyl (C=O) groups is 2. The van der Waals surface area contributed by atoms with E-state index in [4.69, 9.17) is 4.74 Å². The Morgan fingerprint density at radius 2 is 2.09 bits per heavy atom. The molecule has 1 N–H and O–H groups in total. The van der Waals surface area contributed by atoms with Crippen LogP contribution < -0.4 is 5.32 Å². The summed E-state index contributed by atoms with van der Waals surface area (Å²) in [4.78, 5) is 29.2. The first-order valence-electron chi connectivity index (χ1n) is 7.54. The van der Waals surface area contributed by atoms with Gasteiger partial charge in [-0.1, -0.05) is 0 Å². The van der Waals surface area contributed by atoms with E-state index in [2.05, 4.69) is 10.3 Å². The molecule has 2 amide bonds. The van der Waals surface area contributed by atoms with Crippen molar-refractivity contribution in [1.82, 2.24) is 15.2 Å². The van der Waals surface area contributed by atoms with Gasteiger partial charge in [0.25, 0.3) is 0 Å². The van der Waals surface area contributed by atoms with Crippen molar-refractivity contribution in [2.45, 2.75) is 25.9 Å². The molecule has 6 heteroatoms. The molecule has 0 radical (unpaired) electrons. The third-order valence-electron chi connectivity index (χ3n) is 4.06. The molecule has 1 aliphatic rings. The smallest absolute Gasteiger partial charge is 0.220 e. The molecule has 1 aromatic rings. The normalized spacial score (nSPS) is 20.9. The average Bonchev–Trinajstić information content (AvgIpc) is 2.91. The van der Waals surface area contributed by atoms with Crippen LogP contribution in [0.4, 0.5) is 0 Å². The zero-order valence-corrected chi connectivity index (χ0v) is 13.1. The number of pyridine rings is 1. The Labute approximate surface area is 130 Å². The minimum atomic E-state index is -0.0603. The van der Waals surface area contributed by atoms with Gasteiger partial charge in [-0.2, -0.15) is 0 Å². The molecule has 2 atom stereocenters. The van der Waals surface area contributed by atoms with E-state index in [9.17, 15) is 9.59 Å². The third kappa shape index (κ3) is 4.53. The number of amides is 2. The highest BCUT2D eigenvalue weighted by Crippen LogP contribution is 2.22. The van der Waals surface area contributed by atoms with Crippen LogP contribution in [0.15, 0.2) is 24.5 Å². The summed E-state index contributed by atoms with van der Waals surface area (Å²) in [6, 6.07) is 3.88. The summed E-state index contributed by atoms with van der Waals surface area (Å²) >= 11 is 0. The van der Waals surface area contributed by atoms with Crippen LogP contribution in [0.5, 0.6) is 0 Å². The van der Waals surface area contributed by atoms with Crippen LogP contribution in [-0.2, 0) is 20.7 Å². The van der Waals surface area contributed by atoms with Gasteiger partial charge >= 0.3 is 0 Å².